The van der Waals surface area contributed by atoms with Crippen molar-refractivity contribution in [1.29, 1.82) is 0 Å². The van der Waals surface area contributed by atoms with E-state index in [4.69, 9.17) is 15.9 Å². The van der Waals surface area contributed by atoms with Crippen molar-refractivity contribution in [3.8, 4) is 0 Å². The number of nitrogens with two attached hydrogens (primary N) is 1. The highest BCUT2D eigenvalue weighted by Gasteiger charge is 2.24. The second-order valence-corrected chi connectivity index (χ2v) is 3.55. The minimum absolute atomic E-state index is 0.106. The van der Waals surface area contributed by atoms with Crippen LogP contribution < -0.4 is 11.1 Å². The number of hydrogen-bond donors (Lipinski definition) is 4. The average molecular weight is 252 g/mol. The Bertz CT molecular complexity index is 486. The molecule has 1 aromatic carbocycles. The predicted octanol–water partition coefficient (Wildman–Crippen LogP) is -0.0735. The molecule has 18 heavy (non-hydrogen) atoms. The van der Waals surface area contributed by atoms with E-state index in [0.717, 1.165) is 0 Å². The number of nitrogen functional groups attached to an aromatic ring is 1. The number of para-hydroxylation sites is 1. The van der Waals surface area contributed by atoms with Gasteiger partial charge in [-0.05, 0) is 12.1 Å². The lowest BCUT2D eigenvalue weighted by Crippen LogP contribution is -2.42. The number of carboxylic acid groups (broad SMARTS) is 2. The Labute approximate surface area is 102 Å². The number of amides is 1. The normalized spacial score (nSPS) is 11.6. The quantitative estimate of drug-likeness (QED) is 0.542. The molecule has 0 aromatic heterocycles. The van der Waals surface area contributed by atoms with E-state index in [9.17, 15) is 14.4 Å². The van der Waals surface area contributed by atoms with E-state index in [0.29, 0.717) is 0 Å². The third-order valence-electron chi connectivity index (χ3n) is 2.19. The lowest BCUT2D eigenvalue weighted by Gasteiger charge is -2.13. The first-order valence-corrected chi connectivity index (χ1v) is 5.01. The maximum Gasteiger partial charge on any atom is 0.326 e. The molecule has 1 rings (SSSR count). The van der Waals surface area contributed by atoms with Crippen LogP contribution in [0.25, 0.3) is 0 Å². The lowest BCUT2D eigenvalue weighted by molar-refractivity contribution is -0.145. The molecule has 0 bridgehead atoms. The highest BCUT2D eigenvalue weighted by atomic mass is 16.4. The van der Waals surface area contributed by atoms with Crippen molar-refractivity contribution >= 4 is 23.5 Å². The van der Waals surface area contributed by atoms with Crippen molar-refractivity contribution in [3.05, 3.63) is 29.8 Å². The van der Waals surface area contributed by atoms with Crippen molar-refractivity contribution in [2.45, 2.75) is 12.5 Å². The van der Waals surface area contributed by atoms with Crippen LogP contribution in [0, 0.1) is 0 Å². The molecule has 7 nitrogen and oxygen atoms in total. The number of nitrogens with one attached hydrogen (secondary N) is 1. The van der Waals surface area contributed by atoms with Crippen LogP contribution >= 0.6 is 0 Å². The number of carbonyl (C=O) groups is 3. The molecule has 0 aliphatic carbocycles. The van der Waals surface area contributed by atoms with Crippen LogP contribution in [0.4, 0.5) is 5.69 Å². The Morgan fingerprint density at radius 3 is 2.33 bits per heavy atom. The molecule has 0 radical (unpaired) electrons. The summed E-state index contributed by atoms with van der Waals surface area (Å²) in [5.74, 6) is -3.45. The van der Waals surface area contributed by atoms with E-state index in [2.05, 4.69) is 5.32 Å². The zero-order valence-electron chi connectivity index (χ0n) is 9.29. The Morgan fingerprint density at radius 1 is 1.22 bits per heavy atom. The van der Waals surface area contributed by atoms with E-state index < -0.39 is 30.3 Å². The summed E-state index contributed by atoms with van der Waals surface area (Å²) in [6, 6.07) is 4.61. The minimum Gasteiger partial charge on any atom is -0.481 e. The van der Waals surface area contributed by atoms with Crippen LogP contribution in [-0.2, 0) is 9.59 Å². The SMILES string of the molecule is Nc1ccccc1C(=O)NC(CC(=O)O)C(=O)O. The third kappa shape index (κ3) is 3.48. The number of rotatable bonds is 5. The Balaban J connectivity index is 2.82. The van der Waals surface area contributed by atoms with Gasteiger partial charge in [0.05, 0.1) is 12.0 Å². The Kier molecular flexibility index (Phi) is 4.25. The molecular weight excluding hydrogens is 240 g/mol. The van der Waals surface area contributed by atoms with Gasteiger partial charge in [-0.1, -0.05) is 12.1 Å². The summed E-state index contributed by atoms with van der Waals surface area (Å²) in [5.41, 5.74) is 5.84. The highest BCUT2D eigenvalue weighted by molar-refractivity contribution is 6.01. The third-order valence-corrected chi connectivity index (χ3v) is 2.19. The topological polar surface area (TPSA) is 130 Å². The maximum absolute atomic E-state index is 11.7. The number of carboxylic acids is 2. The molecule has 1 amide bonds. The van der Waals surface area contributed by atoms with Crippen LogP contribution in [0.1, 0.15) is 16.8 Å². The van der Waals surface area contributed by atoms with Gasteiger partial charge in [-0.25, -0.2) is 4.79 Å². The maximum atomic E-state index is 11.7. The van der Waals surface area contributed by atoms with Crippen molar-refractivity contribution in [3.63, 3.8) is 0 Å². The number of hydrogen-bond acceptors (Lipinski definition) is 4. The summed E-state index contributed by atoms with van der Waals surface area (Å²) in [6.07, 6.45) is -0.701. The van der Waals surface area contributed by atoms with Gasteiger partial charge in [0, 0.05) is 5.69 Å². The fourth-order valence-electron chi connectivity index (χ4n) is 1.31. The van der Waals surface area contributed by atoms with Gasteiger partial charge in [-0.2, -0.15) is 0 Å². The van der Waals surface area contributed by atoms with E-state index in [1.54, 1.807) is 12.1 Å². The van der Waals surface area contributed by atoms with Gasteiger partial charge < -0.3 is 21.3 Å². The van der Waals surface area contributed by atoms with Gasteiger partial charge in [-0.15, -0.1) is 0 Å². The molecule has 0 saturated carbocycles. The largest absolute Gasteiger partial charge is 0.481 e. The standard InChI is InChI=1S/C11H12N2O5/c12-7-4-2-1-3-6(7)10(16)13-8(11(17)18)5-9(14)15/h1-4,8H,5,12H2,(H,13,16)(H,14,15)(H,17,18). The molecule has 7 heteroatoms. The summed E-state index contributed by atoms with van der Waals surface area (Å²) in [4.78, 5) is 33.0. The van der Waals surface area contributed by atoms with Crippen LogP contribution in [0.2, 0.25) is 0 Å². The second-order valence-electron chi connectivity index (χ2n) is 3.55. The van der Waals surface area contributed by atoms with Crippen molar-refractivity contribution in [2.24, 2.45) is 0 Å². The fourth-order valence-corrected chi connectivity index (χ4v) is 1.31. The smallest absolute Gasteiger partial charge is 0.326 e. The van der Waals surface area contributed by atoms with Gasteiger partial charge in [0.2, 0.25) is 0 Å². The summed E-state index contributed by atoms with van der Waals surface area (Å²) in [5, 5.41) is 19.4. The van der Waals surface area contributed by atoms with E-state index in [1.807, 2.05) is 0 Å². The molecule has 1 unspecified atom stereocenters. The molecule has 0 saturated heterocycles. The summed E-state index contributed by atoms with van der Waals surface area (Å²) in [7, 11) is 0. The molecular formula is C11H12N2O5. The Morgan fingerprint density at radius 2 is 1.83 bits per heavy atom. The first-order valence-electron chi connectivity index (χ1n) is 5.01. The first-order chi connectivity index (χ1) is 8.41. The average Bonchev–Trinajstić information content (AvgIpc) is 2.27. The molecule has 0 heterocycles. The van der Waals surface area contributed by atoms with Gasteiger partial charge in [0.15, 0.2) is 0 Å². The van der Waals surface area contributed by atoms with Crippen molar-refractivity contribution in [1.82, 2.24) is 5.32 Å². The van der Waals surface area contributed by atoms with E-state index in [1.165, 1.54) is 12.1 Å². The lowest BCUT2D eigenvalue weighted by atomic mass is 10.1. The molecule has 1 aromatic rings. The zero-order valence-corrected chi connectivity index (χ0v) is 9.29. The number of benzene rings is 1. The van der Waals surface area contributed by atoms with Gasteiger partial charge in [0.1, 0.15) is 6.04 Å². The van der Waals surface area contributed by atoms with E-state index in [-0.39, 0.29) is 11.3 Å². The first kappa shape index (κ1) is 13.5. The van der Waals surface area contributed by atoms with Crippen LogP contribution in [0.3, 0.4) is 0 Å². The zero-order chi connectivity index (χ0) is 13.7. The van der Waals surface area contributed by atoms with E-state index >= 15 is 0 Å². The molecule has 0 fully saturated rings. The monoisotopic (exact) mass is 252 g/mol. The van der Waals surface area contributed by atoms with Gasteiger partial charge >= 0.3 is 11.9 Å². The second kappa shape index (κ2) is 5.67. The molecule has 5 N–H and O–H groups in total. The highest BCUT2D eigenvalue weighted by Crippen LogP contribution is 2.10. The van der Waals surface area contributed by atoms with Crippen LogP contribution in [0.15, 0.2) is 24.3 Å². The molecule has 1 atom stereocenters. The Hall–Kier alpha value is -2.57. The summed E-state index contributed by atoms with van der Waals surface area (Å²) >= 11 is 0. The predicted molar refractivity (Wildman–Crippen MR) is 62.0 cm³/mol. The molecule has 0 aliphatic rings. The van der Waals surface area contributed by atoms with Crippen LogP contribution in [0.5, 0.6) is 0 Å². The minimum atomic E-state index is -1.49. The number of carbonyl (C=O) groups excluding carboxylic acids is 1. The van der Waals surface area contributed by atoms with Crippen LogP contribution in [-0.4, -0.2) is 34.1 Å². The number of anilines is 1. The molecule has 96 valence electrons. The van der Waals surface area contributed by atoms with Gasteiger partial charge in [-0.3, -0.25) is 9.59 Å². The summed E-state index contributed by atoms with van der Waals surface area (Å²) < 4.78 is 0. The van der Waals surface area contributed by atoms with Crippen molar-refractivity contribution in [2.75, 3.05) is 5.73 Å². The fraction of sp³-hybridized carbons (Fsp3) is 0.182. The molecule has 0 spiro atoms. The van der Waals surface area contributed by atoms with Gasteiger partial charge in [0.25, 0.3) is 5.91 Å². The van der Waals surface area contributed by atoms with Crippen molar-refractivity contribution < 1.29 is 24.6 Å². The summed E-state index contributed by atoms with van der Waals surface area (Å²) in [6.45, 7) is 0. The molecule has 0 aliphatic heterocycles. The number of aliphatic carboxylic acids is 2.